The van der Waals surface area contributed by atoms with Crippen molar-refractivity contribution < 1.29 is 23.4 Å². The van der Waals surface area contributed by atoms with Crippen LogP contribution in [-0.4, -0.2) is 28.4 Å². The molecule has 0 aliphatic carbocycles. The summed E-state index contributed by atoms with van der Waals surface area (Å²) in [6.07, 6.45) is 0. The van der Waals surface area contributed by atoms with Crippen LogP contribution in [0.3, 0.4) is 0 Å². The number of nitrogens with one attached hydrogen (secondary N) is 1. The summed E-state index contributed by atoms with van der Waals surface area (Å²) in [6, 6.07) is 3.33. The maximum Gasteiger partial charge on any atom is 0.353 e. The van der Waals surface area contributed by atoms with Crippen LogP contribution in [0, 0.1) is 11.6 Å². The molecule has 0 saturated carbocycles. The summed E-state index contributed by atoms with van der Waals surface area (Å²) in [5.41, 5.74) is -0.173. The van der Waals surface area contributed by atoms with E-state index < -0.39 is 23.4 Å². The first-order valence-electron chi connectivity index (χ1n) is 4.85. The van der Waals surface area contributed by atoms with Gasteiger partial charge in [-0.3, -0.25) is 5.10 Å². The Morgan fingerprint density at radius 2 is 2.17 bits per heavy atom. The van der Waals surface area contributed by atoms with E-state index in [0.717, 1.165) is 25.3 Å². The summed E-state index contributed by atoms with van der Waals surface area (Å²) in [4.78, 5) is 10.7. The number of halogens is 2. The van der Waals surface area contributed by atoms with Gasteiger partial charge < -0.3 is 9.84 Å². The summed E-state index contributed by atoms with van der Waals surface area (Å²) in [7, 11) is 1.14. The van der Waals surface area contributed by atoms with Crippen molar-refractivity contribution in [1.29, 1.82) is 0 Å². The average Bonchev–Trinajstić information content (AvgIpc) is 2.79. The highest BCUT2D eigenvalue weighted by atomic mass is 19.1. The number of hydrogen-bond acceptors (Lipinski definition) is 3. The fraction of sp³-hybridized carbons (Fsp3) is 0.0909. The minimum atomic E-state index is -1.22. The standard InChI is InChI=1S/C11H8F2N2O3/c1-18-10-6(12)3-2-5(9(10)13)7-4-8(11(16)17)15-14-7/h2-4H,1H3,(H,14,15)(H,16,17). The van der Waals surface area contributed by atoms with Crippen molar-refractivity contribution in [3.8, 4) is 17.0 Å². The molecule has 1 aromatic carbocycles. The number of methoxy groups -OCH3 is 1. The zero-order valence-corrected chi connectivity index (χ0v) is 9.20. The Labute approximate surface area is 100 Å². The number of ether oxygens (including phenoxy) is 1. The molecule has 0 saturated heterocycles. The number of nitrogens with zero attached hydrogens (tertiary/aromatic N) is 1. The van der Waals surface area contributed by atoms with Crippen molar-refractivity contribution in [3.05, 3.63) is 35.5 Å². The number of hydrogen-bond donors (Lipinski definition) is 2. The molecule has 2 aromatic rings. The smallest absolute Gasteiger partial charge is 0.353 e. The van der Waals surface area contributed by atoms with E-state index in [1.807, 2.05) is 0 Å². The van der Waals surface area contributed by atoms with E-state index >= 15 is 0 Å². The van der Waals surface area contributed by atoms with Gasteiger partial charge in [-0.2, -0.15) is 5.10 Å². The molecular formula is C11H8F2N2O3. The molecule has 0 aliphatic heterocycles. The second kappa shape index (κ2) is 4.44. The molecular weight excluding hydrogens is 246 g/mol. The molecule has 2 rings (SSSR count). The van der Waals surface area contributed by atoms with Crippen LogP contribution in [0.4, 0.5) is 8.78 Å². The highest BCUT2D eigenvalue weighted by molar-refractivity contribution is 5.86. The van der Waals surface area contributed by atoms with Crippen LogP contribution in [0.2, 0.25) is 0 Å². The van der Waals surface area contributed by atoms with Gasteiger partial charge in [0.05, 0.1) is 12.8 Å². The Bertz CT molecular complexity index is 610. The van der Waals surface area contributed by atoms with Crippen LogP contribution in [-0.2, 0) is 0 Å². The van der Waals surface area contributed by atoms with Gasteiger partial charge in [-0.15, -0.1) is 0 Å². The van der Waals surface area contributed by atoms with Crippen LogP contribution in [0.1, 0.15) is 10.5 Å². The molecule has 0 unspecified atom stereocenters. The van der Waals surface area contributed by atoms with Gasteiger partial charge in [0.1, 0.15) is 5.69 Å². The van der Waals surface area contributed by atoms with Gasteiger partial charge in [-0.05, 0) is 18.2 Å². The maximum atomic E-state index is 13.9. The summed E-state index contributed by atoms with van der Waals surface area (Å²) < 4.78 is 31.6. The molecule has 0 spiro atoms. The molecule has 1 heterocycles. The van der Waals surface area contributed by atoms with Gasteiger partial charge in [-0.25, -0.2) is 13.6 Å². The first-order valence-corrected chi connectivity index (χ1v) is 4.85. The first kappa shape index (κ1) is 12.0. The number of carbonyl (C=O) groups is 1. The topological polar surface area (TPSA) is 75.2 Å². The Balaban J connectivity index is 2.53. The molecule has 0 fully saturated rings. The van der Waals surface area contributed by atoms with Gasteiger partial charge in [0.25, 0.3) is 0 Å². The van der Waals surface area contributed by atoms with E-state index in [1.54, 1.807) is 0 Å². The zero-order valence-electron chi connectivity index (χ0n) is 9.20. The number of benzene rings is 1. The maximum absolute atomic E-state index is 13.9. The van der Waals surface area contributed by atoms with E-state index in [4.69, 9.17) is 5.11 Å². The monoisotopic (exact) mass is 254 g/mol. The summed E-state index contributed by atoms with van der Waals surface area (Å²) >= 11 is 0. The number of H-pyrrole nitrogens is 1. The number of aromatic amines is 1. The zero-order chi connectivity index (χ0) is 13.3. The quantitative estimate of drug-likeness (QED) is 0.879. The van der Waals surface area contributed by atoms with Crippen LogP contribution < -0.4 is 4.74 Å². The van der Waals surface area contributed by atoms with Gasteiger partial charge in [0.15, 0.2) is 17.4 Å². The molecule has 0 atom stereocenters. The number of aromatic carboxylic acids is 1. The van der Waals surface area contributed by atoms with Crippen molar-refractivity contribution in [2.75, 3.05) is 7.11 Å². The lowest BCUT2D eigenvalue weighted by atomic mass is 10.1. The van der Waals surface area contributed by atoms with Crippen molar-refractivity contribution >= 4 is 5.97 Å². The molecule has 7 heteroatoms. The van der Waals surface area contributed by atoms with Gasteiger partial charge in [0.2, 0.25) is 0 Å². The molecule has 5 nitrogen and oxygen atoms in total. The Morgan fingerprint density at radius 1 is 1.44 bits per heavy atom. The SMILES string of the molecule is COc1c(F)ccc(-c2cc(C(=O)O)[nH]n2)c1F. The number of carboxylic acid groups (broad SMARTS) is 1. The summed E-state index contributed by atoms with van der Waals surface area (Å²) in [5.74, 6) is -3.52. The fourth-order valence-electron chi connectivity index (χ4n) is 1.49. The first-order chi connectivity index (χ1) is 8.54. The van der Waals surface area contributed by atoms with Gasteiger partial charge in [-0.1, -0.05) is 0 Å². The third-order valence-electron chi connectivity index (χ3n) is 2.34. The van der Waals surface area contributed by atoms with E-state index in [0.29, 0.717) is 0 Å². The van der Waals surface area contributed by atoms with Gasteiger partial charge >= 0.3 is 5.97 Å². The summed E-state index contributed by atoms with van der Waals surface area (Å²) in [6.45, 7) is 0. The van der Waals surface area contributed by atoms with E-state index in [2.05, 4.69) is 14.9 Å². The van der Waals surface area contributed by atoms with Crippen molar-refractivity contribution in [2.24, 2.45) is 0 Å². The third-order valence-corrected chi connectivity index (χ3v) is 2.34. The predicted molar refractivity (Wildman–Crippen MR) is 57.5 cm³/mol. The van der Waals surface area contributed by atoms with Crippen LogP contribution >= 0.6 is 0 Å². The molecule has 0 radical (unpaired) electrons. The summed E-state index contributed by atoms with van der Waals surface area (Å²) in [5, 5.41) is 14.6. The second-order valence-corrected chi connectivity index (χ2v) is 3.41. The number of aromatic nitrogens is 2. The van der Waals surface area contributed by atoms with E-state index in [-0.39, 0.29) is 17.0 Å². The normalized spacial score (nSPS) is 10.4. The molecule has 0 bridgehead atoms. The minimum Gasteiger partial charge on any atom is -0.491 e. The van der Waals surface area contributed by atoms with Gasteiger partial charge in [0, 0.05) is 5.56 Å². The van der Waals surface area contributed by atoms with Crippen molar-refractivity contribution in [1.82, 2.24) is 10.2 Å². The largest absolute Gasteiger partial charge is 0.491 e. The predicted octanol–water partition coefficient (Wildman–Crippen LogP) is 2.06. The van der Waals surface area contributed by atoms with Crippen LogP contribution in [0.15, 0.2) is 18.2 Å². The van der Waals surface area contributed by atoms with E-state index in [1.165, 1.54) is 0 Å². The Hall–Kier alpha value is -2.44. The number of rotatable bonds is 3. The molecule has 94 valence electrons. The molecule has 2 N–H and O–H groups in total. The highest BCUT2D eigenvalue weighted by Gasteiger charge is 2.18. The Morgan fingerprint density at radius 3 is 2.72 bits per heavy atom. The van der Waals surface area contributed by atoms with E-state index in [9.17, 15) is 13.6 Å². The molecule has 1 aromatic heterocycles. The fourth-order valence-corrected chi connectivity index (χ4v) is 1.49. The number of carboxylic acids is 1. The lowest BCUT2D eigenvalue weighted by Gasteiger charge is -2.06. The van der Waals surface area contributed by atoms with Crippen molar-refractivity contribution in [2.45, 2.75) is 0 Å². The third kappa shape index (κ3) is 1.90. The molecule has 0 amide bonds. The lowest BCUT2D eigenvalue weighted by molar-refractivity contribution is 0.0690. The Kier molecular flexibility index (Phi) is 2.97. The molecule has 18 heavy (non-hydrogen) atoms. The average molecular weight is 254 g/mol. The van der Waals surface area contributed by atoms with Crippen molar-refractivity contribution in [3.63, 3.8) is 0 Å². The van der Waals surface area contributed by atoms with Crippen LogP contribution in [0.5, 0.6) is 5.75 Å². The van der Waals surface area contributed by atoms with Crippen LogP contribution in [0.25, 0.3) is 11.3 Å². The molecule has 0 aliphatic rings. The second-order valence-electron chi connectivity index (χ2n) is 3.41. The highest BCUT2D eigenvalue weighted by Crippen LogP contribution is 2.30. The lowest BCUT2D eigenvalue weighted by Crippen LogP contribution is -1.95. The minimum absolute atomic E-state index is 0.0444.